The maximum absolute atomic E-state index is 13.5. The van der Waals surface area contributed by atoms with E-state index in [4.69, 9.17) is 4.74 Å². The molecule has 2 fully saturated rings. The molecule has 2 aliphatic heterocycles. The average molecular weight is 564 g/mol. The van der Waals surface area contributed by atoms with Gasteiger partial charge in [-0.3, -0.25) is 24.0 Å². The van der Waals surface area contributed by atoms with Crippen LogP contribution < -0.4 is 16.0 Å². The summed E-state index contributed by atoms with van der Waals surface area (Å²) in [6.07, 6.45) is -0.718. The van der Waals surface area contributed by atoms with E-state index in [-0.39, 0.29) is 44.9 Å². The molecule has 4 rings (SSSR count). The van der Waals surface area contributed by atoms with E-state index in [1.165, 1.54) is 11.9 Å². The number of nitrogens with zero attached hydrogens (tertiary/aromatic N) is 2. The number of benzene rings is 2. The zero-order valence-electron chi connectivity index (χ0n) is 23.4. The summed E-state index contributed by atoms with van der Waals surface area (Å²) in [6.45, 7) is 1.50. The monoisotopic (exact) mass is 563 g/mol. The van der Waals surface area contributed by atoms with E-state index >= 15 is 0 Å². The number of likely N-dealkylation sites (N-methyl/N-ethyl adjacent to an activating group) is 1. The van der Waals surface area contributed by atoms with Crippen LogP contribution in [-0.2, 0) is 41.6 Å². The first kappa shape index (κ1) is 29.7. The predicted molar refractivity (Wildman–Crippen MR) is 150 cm³/mol. The molecule has 0 saturated carbocycles. The predicted octanol–water partition coefficient (Wildman–Crippen LogP) is 0.0356. The minimum atomic E-state index is -1.05. The molecule has 11 nitrogen and oxygen atoms in total. The molecule has 218 valence electrons. The van der Waals surface area contributed by atoms with Gasteiger partial charge in [0.05, 0.1) is 19.2 Å². The van der Waals surface area contributed by atoms with Crippen LogP contribution in [0.3, 0.4) is 0 Å². The second-order valence-corrected chi connectivity index (χ2v) is 10.5. The highest BCUT2D eigenvalue weighted by molar-refractivity contribution is 5.93. The van der Waals surface area contributed by atoms with Crippen LogP contribution in [0.2, 0.25) is 0 Å². The lowest BCUT2D eigenvalue weighted by Gasteiger charge is -2.38. The van der Waals surface area contributed by atoms with Gasteiger partial charge in [-0.15, -0.1) is 0 Å². The van der Waals surface area contributed by atoms with Crippen molar-refractivity contribution in [3.05, 3.63) is 71.8 Å². The SMILES string of the molecule is C[C@H]1NC(=O)CN(C)C(=O)[C@@H](Cc2ccccc2)NC(=O)[C@H]2CN(C(=O)CCc3ccccc3)C[C@H](CNC1=O)O2. The molecule has 41 heavy (non-hydrogen) atoms. The molecule has 11 heteroatoms. The van der Waals surface area contributed by atoms with Crippen molar-refractivity contribution in [1.82, 2.24) is 25.8 Å². The van der Waals surface area contributed by atoms with Gasteiger partial charge in [-0.1, -0.05) is 60.7 Å². The number of morpholine rings is 1. The molecular formula is C30H37N5O6. The second-order valence-electron chi connectivity index (χ2n) is 10.5. The zero-order chi connectivity index (χ0) is 29.4. The summed E-state index contributed by atoms with van der Waals surface area (Å²) in [5.41, 5.74) is 1.85. The van der Waals surface area contributed by atoms with Crippen LogP contribution in [0.4, 0.5) is 0 Å². The number of rotatable bonds is 5. The third-order valence-electron chi connectivity index (χ3n) is 7.21. The molecule has 2 heterocycles. The lowest BCUT2D eigenvalue weighted by molar-refractivity contribution is -0.157. The van der Waals surface area contributed by atoms with Crippen molar-refractivity contribution in [2.45, 2.75) is 50.5 Å². The Balaban J connectivity index is 1.56. The minimum Gasteiger partial charge on any atom is -0.360 e. The van der Waals surface area contributed by atoms with Crippen LogP contribution in [0.5, 0.6) is 0 Å². The summed E-state index contributed by atoms with van der Waals surface area (Å²) in [5.74, 6) is -2.10. The van der Waals surface area contributed by atoms with E-state index in [9.17, 15) is 24.0 Å². The van der Waals surface area contributed by atoms with E-state index < -0.39 is 47.9 Å². The van der Waals surface area contributed by atoms with Crippen LogP contribution in [-0.4, -0.2) is 96.9 Å². The molecule has 5 amide bonds. The third-order valence-corrected chi connectivity index (χ3v) is 7.21. The van der Waals surface area contributed by atoms with Crippen LogP contribution in [0.15, 0.2) is 60.7 Å². The molecule has 2 saturated heterocycles. The summed E-state index contributed by atoms with van der Waals surface area (Å²) >= 11 is 0. The Labute approximate surface area is 239 Å². The van der Waals surface area contributed by atoms with Crippen molar-refractivity contribution in [2.24, 2.45) is 0 Å². The van der Waals surface area contributed by atoms with Crippen LogP contribution in [0, 0.1) is 0 Å². The van der Waals surface area contributed by atoms with Gasteiger partial charge in [-0.05, 0) is 24.5 Å². The van der Waals surface area contributed by atoms with Crippen molar-refractivity contribution in [3.63, 3.8) is 0 Å². The number of ether oxygens (including phenoxy) is 1. The number of carbonyl (C=O) groups excluding carboxylic acids is 5. The Morgan fingerprint density at radius 3 is 2.24 bits per heavy atom. The summed E-state index contributed by atoms with van der Waals surface area (Å²) in [5, 5.41) is 8.15. The van der Waals surface area contributed by atoms with Gasteiger partial charge in [0.15, 0.2) is 6.10 Å². The molecule has 0 aliphatic carbocycles. The normalized spacial score (nSPS) is 24.4. The first-order valence-corrected chi connectivity index (χ1v) is 13.8. The van der Waals surface area contributed by atoms with E-state index in [2.05, 4.69) is 16.0 Å². The van der Waals surface area contributed by atoms with Crippen molar-refractivity contribution >= 4 is 29.5 Å². The van der Waals surface area contributed by atoms with E-state index in [0.717, 1.165) is 11.1 Å². The largest absolute Gasteiger partial charge is 0.360 e. The number of carbonyl (C=O) groups is 5. The highest BCUT2D eigenvalue weighted by Crippen LogP contribution is 2.16. The highest BCUT2D eigenvalue weighted by atomic mass is 16.5. The lowest BCUT2D eigenvalue weighted by Crippen LogP contribution is -2.59. The summed E-state index contributed by atoms with van der Waals surface area (Å²) < 4.78 is 6.05. The number of hydrogen-bond donors (Lipinski definition) is 3. The smallest absolute Gasteiger partial charge is 0.251 e. The third kappa shape index (κ3) is 8.37. The Kier molecular flexibility index (Phi) is 10.1. The van der Waals surface area contributed by atoms with Gasteiger partial charge >= 0.3 is 0 Å². The van der Waals surface area contributed by atoms with Gasteiger partial charge in [0.25, 0.3) is 5.91 Å². The molecule has 0 aromatic heterocycles. The molecule has 2 aliphatic rings. The number of nitrogens with one attached hydrogen (secondary N) is 3. The van der Waals surface area contributed by atoms with Crippen molar-refractivity contribution in [2.75, 3.05) is 33.2 Å². The van der Waals surface area contributed by atoms with Gasteiger partial charge in [-0.25, -0.2) is 0 Å². The topological polar surface area (TPSA) is 137 Å². The fraction of sp³-hybridized carbons (Fsp3) is 0.433. The van der Waals surface area contributed by atoms with Gasteiger partial charge in [0.2, 0.25) is 23.6 Å². The van der Waals surface area contributed by atoms with Crippen molar-refractivity contribution < 1.29 is 28.7 Å². The molecule has 2 bridgehead atoms. The standard InChI is InChI=1S/C30H37N5O6/c1-20-28(38)31-16-23-17-35(27(37)14-13-21-9-5-3-6-10-21)18-25(41-23)29(39)33-24(15-22-11-7-4-8-12-22)30(40)34(2)19-26(36)32-20/h3-12,20,23-25H,13-19H2,1-2H3,(H,31,38)(H,32,36)(H,33,39)/t20-,23+,24-,25-/m1/s1. The summed E-state index contributed by atoms with van der Waals surface area (Å²) in [4.78, 5) is 68.3. The summed E-state index contributed by atoms with van der Waals surface area (Å²) in [7, 11) is 1.47. The van der Waals surface area contributed by atoms with E-state index in [0.29, 0.717) is 6.42 Å². The maximum atomic E-state index is 13.5. The molecule has 4 atom stereocenters. The van der Waals surface area contributed by atoms with Crippen LogP contribution in [0.25, 0.3) is 0 Å². The fourth-order valence-corrected chi connectivity index (χ4v) is 4.95. The quantitative estimate of drug-likeness (QED) is 0.470. The van der Waals surface area contributed by atoms with Gasteiger partial charge in [0, 0.05) is 33.0 Å². The van der Waals surface area contributed by atoms with Gasteiger partial charge in [0.1, 0.15) is 12.1 Å². The lowest BCUT2D eigenvalue weighted by atomic mass is 10.0. The summed E-state index contributed by atoms with van der Waals surface area (Å²) in [6, 6.07) is 17.0. The minimum absolute atomic E-state index is 0.0163. The molecule has 2 aromatic carbocycles. The van der Waals surface area contributed by atoms with Crippen molar-refractivity contribution in [1.29, 1.82) is 0 Å². The van der Waals surface area contributed by atoms with Gasteiger partial charge < -0.3 is 30.5 Å². The Morgan fingerprint density at radius 2 is 1.56 bits per heavy atom. The van der Waals surface area contributed by atoms with Crippen molar-refractivity contribution in [3.8, 4) is 0 Å². The van der Waals surface area contributed by atoms with Crippen LogP contribution >= 0.6 is 0 Å². The number of aryl methyl sites for hydroxylation is 1. The second kappa shape index (κ2) is 13.9. The number of amides is 5. The molecule has 3 N–H and O–H groups in total. The maximum Gasteiger partial charge on any atom is 0.251 e. The zero-order valence-corrected chi connectivity index (χ0v) is 23.4. The molecule has 0 spiro atoms. The Hall–Kier alpha value is -4.25. The average Bonchev–Trinajstić information content (AvgIpc) is 2.98. The highest BCUT2D eigenvalue weighted by Gasteiger charge is 2.37. The molecule has 0 radical (unpaired) electrons. The first-order chi connectivity index (χ1) is 19.7. The van der Waals surface area contributed by atoms with E-state index in [1.807, 2.05) is 60.7 Å². The van der Waals surface area contributed by atoms with Gasteiger partial charge in [-0.2, -0.15) is 0 Å². The molecule has 0 unspecified atom stereocenters. The molecular weight excluding hydrogens is 526 g/mol. The Bertz CT molecular complexity index is 1240. The fourth-order valence-electron chi connectivity index (χ4n) is 4.95. The Morgan fingerprint density at radius 1 is 0.902 bits per heavy atom. The molecule has 2 aromatic rings. The van der Waals surface area contributed by atoms with E-state index in [1.54, 1.807) is 11.8 Å². The number of hydrogen-bond acceptors (Lipinski definition) is 6. The number of fused-ring (bicyclic) bond motifs is 2. The van der Waals surface area contributed by atoms with Crippen LogP contribution in [0.1, 0.15) is 24.5 Å². The first-order valence-electron chi connectivity index (χ1n) is 13.8.